The summed E-state index contributed by atoms with van der Waals surface area (Å²) in [5.74, 6) is 0.705. The molecule has 3 rings (SSSR count). The maximum atomic E-state index is 13.3. The summed E-state index contributed by atoms with van der Waals surface area (Å²) in [7, 11) is 0. The number of rotatable bonds is 4. The Hall–Kier alpha value is -2.86. The molecule has 2 aromatic carbocycles. The Labute approximate surface area is 149 Å². The molecule has 128 valence electrons. The lowest BCUT2D eigenvalue weighted by Crippen LogP contribution is -2.03. The molecule has 0 saturated carbocycles. The van der Waals surface area contributed by atoms with E-state index in [4.69, 9.17) is 22.1 Å². The molecular formula is C18H16ClFN4O. The third-order valence-corrected chi connectivity index (χ3v) is 4.01. The number of anilines is 3. The minimum Gasteiger partial charge on any atom is -0.437 e. The topological polar surface area (TPSA) is 73.1 Å². The quantitative estimate of drug-likeness (QED) is 0.686. The first-order valence-electron chi connectivity index (χ1n) is 7.51. The van der Waals surface area contributed by atoms with Crippen LogP contribution in [0.5, 0.6) is 11.6 Å². The average molecular weight is 359 g/mol. The first-order chi connectivity index (χ1) is 11.9. The van der Waals surface area contributed by atoms with E-state index < -0.39 is 5.82 Å². The normalized spacial score (nSPS) is 10.6. The van der Waals surface area contributed by atoms with Crippen molar-refractivity contribution in [2.75, 3.05) is 11.1 Å². The summed E-state index contributed by atoms with van der Waals surface area (Å²) in [6, 6.07) is 9.95. The molecule has 3 aromatic rings. The average Bonchev–Trinajstić information content (AvgIpc) is 2.58. The van der Waals surface area contributed by atoms with Crippen molar-refractivity contribution in [3.63, 3.8) is 0 Å². The van der Waals surface area contributed by atoms with E-state index in [9.17, 15) is 4.39 Å². The van der Waals surface area contributed by atoms with Gasteiger partial charge in [0.1, 0.15) is 23.6 Å². The second-order valence-electron chi connectivity index (χ2n) is 5.54. The molecule has 0 aliphatic heterocycles. The van der Waals surface area contributed by atoms with Crippen molar-refractivity contribution in [3.8, 4) is 11.6 Å². The number of nitrogen functional groups attached to an aromatic ring is 1. The summed E-state index contributed by atoms with van der Waals surface area (Å²) < 4.78 is 19.0. The molecular weight excluding hydrogens is 343 g/mol. The number of hydrogen-bond donors (Lipinski definition) is 2. The van der Waals surface area contributed by atoms with Crippen molar-refractivity contribution in [1.29, 1.82) is 0 Å². The van der Waals surface area contributed by atoms with Crippen LogP contribution in [-0.2, 0) is 0 Å². The highest BCUT2D eigenvalue weighted by Gasteiger charge is 2.12. The highest BCUT2D eigenvalue weighted by Crippen LogP contribution is 2.32. The summed E-state index contributed by atoms with van der Waals surface area (Å²) in [4.78, 5) is 8.17. The van der Waals surface area contributed by atoms with Crippen LogP contribution in [0.15, 0.2) is 42.7 Å². The number of hydrogen-bond acceptors (Lipinski definition) is 5. The van der Waals surface area contributed by atoms with Crippen molar-refractivity contribution in [2.45, 2.75) is 13.8 Å². The molecule has 1 aromatic heterocycles. The molecule has 0 amide bonds. The van der Waals surface area contributed by atoms with Crippen LogP contribution in [0.3, 0.4) is 0 Å². The molecule has 5 nitrogen and oxygen atoms in total. The highest BCUT2D eigenvalue weighted by atomic mass is 35.5. The zero-order valence-electron chi connectivity index (χ0n) is 13.7. The van der Waals surface area contributed by atoms with Gasteiger partial charge in [-0.1, -0.05) is 17.7 Å². The molecule has 0 radical (unpaired) electrons. The van der Waals surface area contributed by atoms with Gasteiger partial charge in [0, 0.05) is 5.69 Å². The van der Waals surface area contributed by atoms with Crippen LogP contribution in [0.25, 0.3) is 0 Å². The molecule has 0 fully saturated rings. The van der Waals surface area contributed by atoms with E-state index in [0.717, 1.165) is 5.56 Å². The van der Waals surface area contributed by atoms with Gasteiger partial charge in [0.05, 0.1) is 5.02 Å². The predicted molar refractivity (Wildman–Crippen MR) is 97.1 cm³/mol. The minimum absolute atomic E-state index is 0.00392. The van der Waals surface area contributed by atoms with Crippen LogP contribution in [0, 0.1) is 19.7 Å². The second kappa shape index (κ2) is 6.94. The highest BCUT2D eigenvalue weighted by molar-refractivity contribution is 6.31. The molecule has 0 atom stereocenters. The Balaban J connectivity index is 1.86. The van der Waals surface area contributed by atoms with E-state index in [2.05, 4.69) is 15.3 Å². The molecule has 25 heavy (non-hydrogen) atoms. The summed E-state index contributed by atoms with van der Waals surface area (Å²) in [6.07, 6.45) is 1.33. The summed E-state index contributed by atoms with van der Waals surface area (Å²) in [5.41, 5.74) is 9.15. The summed E-state index contributed by atoms with van der Waals surface area (Å²) >= 11 is 5.78. The molecule has 3 N–H and O–H groups in total. The molecule has 0 aliphatic rings. The number of aryl methyl sites for hydroxylation is 2. The van der Waals surface area contributed by atoms with Gasteiger partial charge < -0.3 is 15.8 Å². The van der Waals surface area contributed by atoms with E-state index in [-0.39, 0.29) is 16.6 Å². The van der Waals surface area contributed by atoms with E-state index >= 15 is 0 Å². The third-order valence-electron chi connectivity index (χ3n) is 3.72. The number of nitrogens with one attached hydrogen (secondary N) is 1. The van der Waals surface area contributed by atoms with Crippen molar-refractivity contribution in [1.82, 2.24) is 9.97 Å². The van der Waals surface area contributed by atoms with E-state index in [1.165, 1.54) is 30.1 Å². The van der Waals surface area contributed by atoms with E-state index in [1.54, 1.807) is 0 Å². The third kappa shape index (κ3) is 3.80. The fourth-order valence-electron chi connectivity index (χ4n) is 2.16. The Morgan fingerprint density at radius 1 is 1.08 bits per heavy atom. The Kier molecular flexibility index (Phi) is 4.72. The smallest absolute Gasteiger partial charge is 0.248 e. The predicted octanol–water partition coefficient (Wildman–Crippen LogP) is 5.00. The van der Waals surface area contributed by atoms with Gasteiger partial charge in [0.15, 0.2) is 5.82 Å². The Morgan fingerprint density at radius 3 is 2.60 bits per heavy atom. The van der Waals surface area contributed by atoms with Crippen molar-refractivity contribution < 1.29 is 9.13 Å². The lowest BCUT2D eigenvalue weighted by Gasteiger charge is -2.12. The van der Waals surface area contributed by atoms with Gasteiger partial charge in [0.2, 0.25) is 5.88 Å². The van der Waals surface area contributed by atoms with Gasteiger partial charge in [-0.25, -0.2) is 9.37 Å². The van der Waals surface area contributed by atoms with Crippen LogP contribution in [0.2, 0.25) is 5.02 Å². The molecule has 7 heteroatoms. The van der Waals surface area contributed by atoms with Gasteiger partial charge in [-0.2, -0.15) is 4.98 Å². The fraction of sp³-hybridized carbons (Fsp3) is 0.111. The number of nitrogens with zero attached hydrogens (tertiary/aromatic N) is 2. The van der Waals surface area contributed by atoms with Crippen LogP contribution >= 0.6 is 11.6 Å². The number of halogens is 2. The van der Waals surface area contributed by atoms with Gasteiger partial charge in [-0.15, -0.1) is 0 Å². The van der Waals surface area contributed by atoms with Gasteiger partial charge in [0.25, 0.3) is 0 Å². The van der Waals surface area contributed by atoms with Crippen LogP contribution < -0.4 is 15.8 Å². The number of ether oxygens (including phenoxy) is 1. The first kappa shape index (κ1) is 17.0. The first-order valence-corrected chi connectivity index (χ1v) is 7.89. The molecule has 0 spiro atoms. The SMILES string of the molecule is Cc1ccc(Oc2ncnc(Nc3ccc(F)c(Cl)c3)c2N)cc1C. The Bertz CT molecular complexity index is 861. The maximum Gasteiger partial charge on any atom is 0.248 e. The molecule has 0 bridgehead atoms. The van der Waals surface area contributed by atoms with Crippen LogP contribution in [0.4, 0.5) is 21.6 Å². The zero-order valence-corrected chi connectivity index (χ0v) is 14.4. The van der Waals surface area contributed by atoms with E-state index in [1.807, 2.05) is 32.0 Å². The molecule has 0 unspecified atom stereocenters. The Morgan fingerprint density at radius 2 is 1.88 bits per heavy atom. The molecule has 0 saturated heterocycles. The van der Waals surface area contributed by atoms with Crippen molar-refractivity contribution in [2.24, 2.45) is 0 Å². The van der Waals surface area contributed by atoms with E-state index in [0.29, 0.717) is 17.3 Å². The minimum atomic E-state index is -0.498. The monoisotopic (exact) mass is 358 g/mol. The van der Waals surface area contributed by atoms with Gasteiger partial charge >= 0.3 is 0 Å². The molecule has 1 heterocycles. The standard InChI is InChI=1S/C18H16ClFN4O/c1-10-3-5-13(7-11(10)2)25-18-16(21)17(22-9-23-18)24-12-4-6-15(20)14(19)8-12/h3-9H,21H2,1-2H3,(H,22,23,24). The number of nitrogens with two attached hydrogens (primary N) is 1. The van der Waals surface area contributed by atoms with Crippen LogP contribution in [-0.4, -0.2) is 9.97 Å². The van der Waals surface area contributed by atoms with Crippen molar-refractivity contribution >= 4 is 28.8 Å². The lowest BCUT2D eigenvalue weighted by molar-refractivity contribution is 0.464. The summed E-state index contributed by atoms with van der Waals surface area (Å²) in [5, 5.41) is 2.98. The molecule has 0 aliphatic carbocycles. The lowest BCUT2D eigenvalue weighted by atomic mass is 10.1. The second-order valence-corrected chi connectivity index (χ2v) is 5.95. The maximum absolute atomic E-state index is 13.3. The number of aromatic nitrogens is 2. The largest absolute Gasteiger partial charge is 0.437 e. The fourth-order valence-corrected chi connectivity index (χ4v) is 2.34. The van der Waals surface area contributed by atoms with Crippen molar-refractivity contribution in [3.05, 3.63) is 64.7 Å². The summed E-state index contributed by atoms with van der Waals surface area (Å²) in [6.45, 7) is 4.02. The number of benzene rings is 2. The van der Waals surface area contributed by atoms with Gasteiger partial charge in [-0.3, -0.25) is 0 Å². The van der Waals surface area contributed by atoms with Crippen LogP contribution in [0.1, 0.15) is 11.1 Å². The zero-order chi connectivity index (χ0) is 18.0. The van der Waals surface area contributed by atoms with Gasteiger partial charge in [-0.05, 0) is 55.3 Å².